The lowest BCUT2D eigenvalue weighted by Gasteiger charge is -2.08. The van der Waals surface area contributed by atoms with Crippen LogP contribution >= 0.6 is 0 Å². The predicted molar refractivity (Wildman–Crippen MR) is 68.5 cm³/mol. The molecule has 2 nitrogen and oxygen atoms in total. The van der Waals surface area contributed by atoms with Gasteiger partial charge in [-0.3, -0.25) is 4.98 Å². The molecule has 0 atom stereocenters. The average Bonchev–Trinajstić information content (AvgIpc) is 2.33. The Hall–Kier alpha value is -2.14. The molecule has 2 heteroatoms. The lowest BCUT2D eigenvalue weighted by Crippen LogP contribution is -1.91. The van der Waals surface area contributed by atoms with E-state index in [1.165, 1.54) is 11.1 Å². The maximum Gasteiger partial charge on any atom is 0.0707 e. The van der Waals surface area contributed by atoms with E-state index in [4.69, 9.17) is 5.26 Å². The summed E-state index contributed by atoms with van der Waals surface area (Å²) in [5.74, 6) is 0. The summed E-state index contributed by atoms with van der Waals surface area (Å²) in [4.78, 5) is 4.38. The second kappa shape index (κ2) is 4.80. The van der Waals surface area contributed by atoms with E-state index in [9.17, 15) is 0 Å². The monoisotopic (exact) mass is 222 g/mol. The van der Waals surface area contributed by atoms with E-state index in [1.807, 2.05) is 18.2 Å². The van der Waals surface area contributed by atoms with E-state index in [1.54, 1.807) is 6.20 Å². The highest BCUT2D eigenvalue weighted by atomic mass is 14.7. The number of aryl methyl sites for hydroxylation is 1. The van der Waals surface area contributed by atoms with E-state index in [0.29, 0.717) is 6.42 Å². The third kappa shape index (κ3) is 2.34. The van der Waals surface area contributed by atoms with Crippen molar-refractivity contribution in [3.63, 3.8) is 0 Å². The third-order valence-corrected chi connectivity index (χ3v) is 2.99. The van der Waals surface area contributed by atoms with Crippen molar-refractivity contribution in [2.75, 3.05) is 0 Å². The minimum absolute atomic E-state index is 0.431. The Morgan fingerprint density at radius 3 is 2.82 bits per heavy atom. The summed E-state index contributed by atoms with van der Waals surface area (Å²) in [6.07, 6.45) is 2.20. The number of benzene rings is 1. The minimum atomic E-state index is 0.431. The van der Waals surface area contributed by atoms with Crippen molar-refractivity contribution in [3.8, 4) is 17.3 Å². The van der Waals surface area contributed by atoms with Crippen LogP contribution in [-0.4, -0.2) is 4.98 Å². The van der Waals surface area contributed by atoms with Gasteiger partial charge in [-0.05, 0) is 42.7 Å². The fraction of sp³-hybridized carbons (Fsp3) is 0.200. The highest BCUT2D eigenvalue weighted by Gasteiger charge is 2.05. The number of hydrogen-bond donors (Lipinski definition) is 0. The summed E-state index contributed by atoms with van der Waals surface area (Å²) >= 11 is 0. The Bertz CT molecular complexity index is 580. The number of hydrogen-bond acceptors (Lipinski definition) is 2. The van der Waals surface area contributed by atoms with Crippen LogP contribution in [0.4, 0.5) is 0 Å². The first kappa shape index (κ1) is 11.3. The molecule has 0 N–H and O–H groups in total. The molecule has 0 saturated heterocycles. The number of nitriles is 1. The summed E-state index contributed by atoms with van der Waals surface area (Å²) in [7, 11) is 0. The molecule has 84 valence electrons. The van der Waals surface area contributed by atoms with Gasteiger partial charge < -0.3 is 0 Å². The van der Waals surface area contributed by atoms with E-state index < -0.39 is 0 Å². The maximum atomic E-state index is 8.71. The zero-order chi connectivity index (χ0) is 12.3. The van der Waals surface area contributed by atoms with Gasteiger partial charge in [0.15, 0.2) is 0 Å². The predicted octanol–water partition coefficient (Wildman–Crippen LogP) is 3.43. The Morgan fingerprint density at radius 2 is 2.06 bits per heavy atom. The van der Waals surface area contributed by atoms with E-state index >= 15 is 0 Å². The first-order valence-electron chi connectivity index (χ1n) is 5.61. The molecule has 2 aromatic rings. The summed E-state index contributed by atoms with van der Waals surface area (Å²) in [5, 5.41) is 8.71. The second-order valence-electron chi connectivity index (χ2n) is 4.13. The third-order valence-electron chi connectivity index (χ3n) is 2.99. The van der Waals surface area contributed by atoms with Gasteiger partial charge in [0.25, 0.3) is 0 Å². The molecular formula is C15H14N2. The van der Waals surface area contributed by atoms with E-state index in [0.717, 1.165) is 16.8 Å². The molecule has 1 aromatic heterocycles. The molecule has 0 aliphatic heterocycles. The van der Waals surface area contributed by atoms with E-state index in [-0.39, 0.29) is 0 Å². The van der Waals surface area contributed by atoms with Crippen molar-refractivity contribution < 1.29 is 0 Å². The molecule has 0 amide bonds. The zero-order valence-corrected chi connectivity index (χ0v) is 10.1. The molecule has 0 fully saturated rings. The summed E-state index contributed by atoms with van der Waals surface area (Å²) in [6.45, 7) is 4.20. The highest BCUT2D eigenvalue weighted by molar-refractivity contribution is 5.65. The fourth-order valence-electron chi connectivity index (χ4n) is 1.85. The molecule has 1 aromatic carbocycles. The van der Waals surface area contributed by atoms with Crippen molar-refractivity contribution in [1.29, 1.82) is 5.26 Å². The zero-order valence-electron chi connectivity index (χ0n) is 10.1. The van der Waals surface area contributed by atoms with Crippen molar-refractivity contribution in [2.45, 2.75) is 20.3 Å². The van der Waals surface area contributed by atoms with Gasteiger partial charge in [0.2, 0.25) is 0 Å². The topological polar surface area (TPSA) is 36.7 Å². The minimum Gasteiger partial charge on any atom is -0.256 e. The smallest absolute Gasteiger partial charge is 0.0707 e. The van der Waals surface area contributed by atoms with Crippen molar-refractivity contribution in [2.24, 2.45) is 0 Å². The van der Waals surface area contributed by atoms with Crippen LogP contribution in [0.2, 0.25) is 0 Å². The van der Waals surface area contributed by atoms with Crippen LogP contribution in [0.5, 0.6) is 0 Å². The van der Waals surface area contributed by atoms with Crippen LogP contribution in [0.1, 0.15) is 16.7 Å². The van der Waals surface area contributed by atoms with Gasteiger partial charge in [-0.1, -0.05) is 18.2 Å². The molecule has 0 aliphatic carbocycles. The standard InChI is InChI=1S/C15H14N2/c1-11-4-3-5-14(12(11)2)15-10-13(6-8-16)7-9-17-15/h3-5,7,9-10H,6H2,1-2H3. The number of rotatable bonds is 2. The van der Waals surface area contributed by atoms with Gasteiger partial charge in [-0.2, -0.15) is 5.26 Å². The van der Waals surface area contributed by atoms with Crippen molar-refractivity contribution in [1.82, 2.24) is 4.98 Å². The van der Waals surface area contributed by atoms with Crippen LogP contribution < -0.4 is 0 Å². The van der Waals surface area contributed by atoms with Crippen LogP contribution in [0.3, 0.4) is 0 Å². The fourth-order valence-corrected chi connectivity index (χ4v) is 1.85. The van der Waals surface area contributed by atoms with Gasteiger partial charge in [-0.15, -0.1) is 0 Å². The largest absolute Gasteiger partial charge is 0.256 e. The normalized spacial score (nSPS) is 9.94. The average molecular weight is 222 g/mol. The van der Waals surface area contributed by atoms with Gasteiger partial charge in [0.05, 0.1) is 18.2 Å². The SMILES string of the molecule is Cc1cccc(-c2cc(CC#N)ccn2)c1C. The Balaban J connectivity index is 2.50. The maximum absolute atomic E-state index is 8.71. The van der Waals surface area contributed by atoms with Crippen LogP contribution in [0.25, 0.3) is 11.3 Å². The summed E-state index contributed by atoms with van der Waals surface area (Å²) in [5.41, 5.74) is 5.60. The number of aromatic nitrogens is 1. The van der Waals surface area contributed by atoms with Gasteiger partial charge in [0.1, 0.15) is 0 Å². The number of pyridine rings is 1. The Kier molecular flexibility index (Phi) is 3.20. The van der Waals surface area contributed by atoms with E-state index in [2.05, 4.69) is 37.0 Å². The molecule has 17 heavy (non-hydrogen) atoms. The molecular weight excluding hydrogens is 208 g/mol. The molecule has 0 aliphatic rings. The highest BCUT2D eigenvalue weighted by Crippen LogP contribution is 2.24. The molecule has 2 rings (SSSR count). The van der Waals surface area contributed by atoms with Crippen LogP contribution in [-0.2, 0) is 6.42 Å². The van der Waals surface area contributed by atoms with Crippen LogP contribution in [0, 0.1) is 25.2 Å². The molecule has 1 heterocycles. The van der Waals surface area contributed by atoms with Gasteiger partial charge in [0, 0.05) is 11.8 Å². The first-order valence-corrected chi connectivity index (χ1v) is 5.61. The molecule has 0 saturated carbocycles. The quantitative estimate of drug-likeness (QED) is 0.780. The lowest BCUT2D eigenvalue weighted by atomic mass is 9.99. The van der Waals surface area contributed by atoms with Crippen molar-refractivity contribution in [3.05, 3.63) is 53.2 Å². The summed E-state index contributed by atoms with van der Waals surface area (Å²) < 4.78 is 0. The molecule has 0 bridgehead atoms. The van der Waals surface area contributed by atoms with Crippen LogP contribution in [0.15, 0.2) is 36.5 Å². The van der Waals surface area contributed by atoms with Crippen molar-refractivity contribution >= 4 is 0 Å². The molecule has 0 unspecified atom stereocenters. The Labute approximate surface area is 102 Å². The lowest BCUT2D eigenvalue weighted by molar-refractivity contribution is 1.20. The van der Waals surface area contributed by atoms with Gasteiger partial charge in [-0.25, -0.2) is 0 Å². The first-order chi connectivity index (χ1) is 8.22. The summed E-state index contributed by atoms with van der Waals surface area (Å²) in [6, 6.07) is 12.2. The second-order valence-corrected chi connectivity index (χ2v) is 4.13. The molecule has 0 spiro atoms. The molecule has 0 radical (unpaired) electrons. The Morgan fingerprint density at radius 1 is 1.24 bits per heavy atom. The number of nitrogens with zero attached hydrogens (tertiary/aromatic N) is 2. The van der Waals surface area contributed by atoms with Gasteiger partial charge >= 0.3 is 0 Å².